The van der Waals surface area contributed by atoms with Gasteiger partial charge in [0.25, 0.3) is 5.88 Å². The van der Waals surface area contributed by atoms with Crippen LogP contribution in [-0.2, 0) is 16.1 Å². The number of Topliss-reactive ketones (excluding diaryl/α,β-unsaturated/α-hetero) is 1. The largest absolute Gasteiger partial charge is 0.498 e. The van der Waals surface area contributed by atoms with Crippen LogP contribution in [0.15, 0.2) is 46.7 Å². The molecule has 2 aliphatic heterocycles. The number of hydrogen-bond donors (Lipinski definition) is 0. The van der Waals surface area contributed by atoms with Crippen LogP contribution in [0.5, 0.6) is 5.88 Å². The molecule has 2 bridgehead atoms. The van der Waals surface area contributed by atoms with Gasteiger partial charge < -0.3 is 18.7 Å². The first-order valence-corrected chi connectivity index (χ1v) is 9.38. The summed E-state index contributed by atoms with van der Waals surface area (Å²) in [6.07, 6.45) is 2.52. The Hall–Kier alpha value is -2.64. The molecule has 7 heteroatoms. The molecule has 1 aliphatic carbocycles. The van der Waals surface area contributed by atoms with Crippen LogP contribution in [0.25, 0.3) is 0 Å². The summed E-state index contributed by atoms with van der Waals surface area (Å²) in [5, 5.41) is 4.09. The van der Waals surface area contributed by atoms with Gasteiger partial charge in [-0.25, -0.2) is 0 Å². The van der Waals surface area contributed by atoms with Crippen molar-refractivity contribution in [2.75, 3.05) is 21.2 Å². The maximum atomic E-state index is 13.7. The lowest BCUT2D eigenvalue weighted by Crippen LogP contribution is -2.53. The predicted molar refractivity (Wildman–Crippen MR) is 98.8 cm³/mol. The van der Waals surface area contributed by atoms with Crippen molar-refractivity contribution in [3.8, 4) is 5.88 Å². The van der Waals surface area contributed by atoms with Crippen LogP contribution >= 0.6 is 0 Å². The number of aromatic nitrogens is 1. The molecule has 3 aliphatic rings. The van der Waals surface area contributed by atoms with Gasteiger partial charge in [-0.3, -0.25) is 9.69 Å². The van der Waals surface area contributed by atoms with Gasteiger partial charge in [0.2, 0.25) is 5.78 Å². The van der Waals surface area contributed by atoms with E-state index in [2.05, 4.69) is 5.16 Å². The fourth-order valence-electron chi connectivity index (χ4n) is 4.82. The monoisotopic (exact) mass is 382 g/mol. The van der Waals surface area contributed by atoms with Crippen LogP contribution in [0.1, 0.15) is 34.1 Å². The van der Waals surface area contributed by atoms with Gasteiger partial charge in [-0.05, 0) is 37.3 Å². The van der Waals surface area contributed by atoms with Crippen LogP contribution in [0.3, 0.4) is 0 Å². The molecule has 0 saturated carbocycles. The summed E-state index contributed by atoms with van der Waals surface area (Å²) in [7, 11) is 5.51. The number of carbonyl (C=O) groups is 1. The Bertz CT molecular complexity index is 951. The molecule has 0 unspecified atom stereocenters. The standard InChI is InChI=1S/C21H22N2O5/c1-23(2)17-14-9-13-10-15(25-3)21(14,27-13)19(24)16-18(17)28-22-20(16)26-11-12-7-5-4-6-8-12/h4-8,10,13-14,17H,9,11H2,1-3H3/t13-,14-,17-,21+/m0/s1. The first kappa shape index (κ1) is 17.5. The number of fused-ring (bicyclic) bond motifs is 2. The molecular formula is C21H22N2O5. The van der Waals surface area contributed by atoms with Crippen LogP contribution in [0.4, 0.5) is 0 Å². The first-order valence-electron chi connectivity index (χ1n) is 9.38. The number of methoxy groups -OCH3 is 1. The van der Waals surface area contributed by atoms with Gasteiger partial charge in [-0.15, -0.1) is 0 Å². The highest BCUT2D eigenvalue weighted by molar-refractivity contribution is 6.09. The third-order valence-corrected chi connectivity index (χ3v) is 5.94. The Morgan fingerprint density at radius 3 is 2.79 bits per heavy atom. The number of hydrogen-bond acceptors (Lipinski definition) is 7. The van der Waals surface area contributed by atoms with E-state index in [9.17, 15) is 4.79 Å². The zero-order valence-corrected chi connectivity index (χ0v) is 16.0. The van der Waals surface area contributed by atoms with E-state index in [0.29, 0.717) is 23.7 Å². The quantitative estimate of drug-likeness (QED) is 0.787. The van der Waals surface area contributed by atoms with E-state index < -0.39 is 5.60 Å². The molecule has 5 rings (SSSR count). The minimum Gasteiger partial charge on any atom is -0.498 e. The van der Waals surface area contributed by atoms with E-state index in [0.717, 1.165) is 12.0 Å². The van der Waals surface area contributed by atoms with E-state index >= 15 is 0 Å². The van der Waals surface area contributed by atoms with Gasteiger partial charge in [0.1, 0.15) is 17.9 Å². The molecule has 28 heavy (non-hydrogen) atoms. The SMILES string of the molecule is COC1=C[C@@H]2C[C@H]3[C@H](N(C)C)c4onc(OCc5ccccc5)c4C(=O)[C@]13O2. The highest BCUT2D eigenvalue weighted by Crippen LogP contribution is 2.59. The number of carbonyl (C=O) groups excluding carboxylic acids is 1. The fourth-order valence-corrected chi connectivity index (χ4v) is 4.82. The molecule has 4 atom stereocenters. The molecule has 1 saturated heterocycles. The zero-order chi connectivity index (χ0) is 19.5. The summed E-state index contributed by atoms with van der Waals surface area (Å²) in [6, 6.07) is 9.58. The predicted octanol–water partition coefficient (Wildman–Crippen LogP) is 2.74. The molecule has 1 fully saturated rings. The lowest BCUT2D eigenvalue weighted by atomic mass is 9.67. The smallest absolute Gasteiger partial charge is 0.265 e. The molecule has 0 radical (unpaired) electrons. The van der Waals surface area contributed by atoms with E-state index in [1.165, 1.54) is 0 Å². The molecule has 146 valence electrons. The van der Waals surface area contributed by atoms with Crippen LogP contribution < -0.4 is 4.74 Å². The lowest BCUT2D eigenvalue weighted by molar-refractivity contribution is -0.0310. The summed E-state index contributed by atoms with van der Waals surface area (Å²) in [5.74, 6) is 1.04. The van der Waals surface area contributed by atoms with E-state index in [1.807, 2.05) is 55.4 Å². The summed E-state index contributed by atoms with van der Waals surface area (Å²) in [5.41, 5.74) is 0.215. The van der Waals surface area contributed by atoms with Crippen molar-refractivity contribution in [3.05, 3.63) is 59.1 Å². The molecule has 0 N–H and O–H groups in total. The van der Waals surface area contributed by atoms with Gasteiger partial charge in [0.05, 0.1) is 19.3 Å². The van der Waals surface area contributed by atoms with Crippen molar-refractivity contribution in [2.24, 2.45) is 5.92 Å². The van der Waals surface area contributed by atoms with Crippen LogP contribution in [0.2, 0.25) is 0 Å². The first-order chi connectivity index (χ1) is 13.6. The normalized spacial score (nSPS) is 30.2. The third-order valence-electron chi connectivity index (χ3n) is 5.94. The van der Waals surface area contributed by atoms with E-state index in [1.54, 1.807) is 7.11 Å². The number of benzene rings is 1. The van der Waals surface area contributed by atoms with Gasteiger partial charge in [-0.1, -0.05) is 30.3 Å². The molecule has 1 spiro atoms. The highest BCUT2D eigenvalue weighted by atomic mass is 16.6. The molecule has 1 aromatic heterocycles. The number of ether oxygens (including phenoxy) is 3. The average molecular weight is 382 g/mol. The van der Waals surface area contributed by atoms with E-state index in [4.69, 9.17) is 18.7 Å². The van der Waals surface area contributed by atoms with Crippen molar-refractivity contribution >= 4 is 5.78 Å². The van der Waals surface area contributed by atoms with Crippen LogP contribution in [-0.4, -0.2) is 48.7 Å². The van der Waals surface area contributed by atoms with Gasteiger partial charge >= 0.3 is 0 Å². The molecule has 3 heterocycles. The van der Waals surface area contributed by atoms with E-state index in [-0.39, 0.29) is 29.7 Å². The van der Waals surface area contributed by atoms with Gasteiger partial charge in [0, 0.05) is 5.92 Å². The number of rotatable bonds is 5. The second-order valence-corrected chi connectivity index (χ2v) is 7.71. The van der Waals surface area contributed by atoms with Crippen molar-refractivity contribution in [3.63, 3.8) is 0 Å². The lowest BCUT2D eigenvalue weighted by Gasteiger charge is -2.42. The van der Waals surface area contributed by atoms with Gasteiger partial charge in [0.15, 0.2) is 11.4 Å². The minimum absolute atomic E-state index is 0.0950. The van der Waals surface area contributed by atoms with Gasteiger partial charge in [-0.2, -0.15) is 0 Å². The third kappa shape index (κ3) is 2.23. The maximum Gasteiger partial charge on any atom is 0.265 e. The van der Waals surface area contributed by atoms with Crippen molar-refractivity contribution in [1.82, 2.24) is 10.1 Å². The molecule has 7 nitrogen and oxygen atoms in total. The fraction of sp³-hybridized carbons (Fsp3) is 0.429. The highest BCUT2D eigenvalue weighted by Gasteiger charge is 2.68. The topological polar surface area (TPSA) is 74.0 Å². The van der Waals surface area contributed by atoms with Crippen molar-refractivity contribution in [2.45, 2.75) is 30.8 Å². The maximum absolute atomic E-state index is 13.7. The Balaban J connectivity index is 1.57. The number of ketones is 1. The van der Waals surface area contributed by atoms with Crippen LogP contribution in [0, 0.1) is 5.92 Å². The van der Waals surface area contributed by atoms with Crippen molar-refractivity contribution in [1.29, 1.82) is 0 Å². The molecule has 0 amide bonds. The zero-order valence-electron chi connectivity index (χ0n) is 16.0. The second-order valence-electron chi connectivity index (χ2n) is 7.71. The minimum atomic E-state index is -1.13. The summed E-state index contributed by atoms with van der Waals surface area (Å²) < 4.78 is 23.3. The molecular weight excluding hydrogens is 360 g/mol. The summed E-state index contributed by atoms with van der Waals surface area (Å²) in [6.45, 7) is 0.298. The van der Waals surface area contributed by atoms with Crippen molar-refractivity contribution < 1.29 is 23.5 Å². The molecule has 1 aromatic carbocycles. The summed E-state index contributed by atoms with van der Waals surface area (Å²) >= 11 is 0. The average Bonchev–Trinajstić information content (AvgIpc) is 3.38. The Kier molecular flexibility index (Phi) is 3.86. The summed E-state index contributed by atoms with van der Waals surface area (Å²) in [4.78, 5) is 15.7. The number of nitrogens with zero attached hydrogens (tertiary/aromatic N) is 2. The Labute approximate surface area is 162 Å². The Morgan fingerprint density at radius 2 is 2.07 bits per heavy atom. The second kappa shape index (κ2) is 6.18. The Morgan fingerprint density at radius 1 is 1.29 bits per heavy atom. The molecule has 2 aromatic rings.